The van der Waals surface area contributed by atoms with Gasteiger partial charge < -0.3 is 4.98 Å². The molecular formula is C21H15FN2O3S2. The maximum Gasteiger partial charge on any atom is 0.305 e. The molecule has 3 heterocycles. The summed E-state index contributed by atoms with van der Waals surface area (Å²) in [6.07, 6.45) is 0. The summed E-state index contributed by atoms with van der Waals surface area (Å²) in [6, 6.07) is 13.1. The molecule has 0 aliphatic carbocycles. The monoisotopic (exact) mass is 426 g/mol. The number of amides is 2. The molecule has 1 fully saturated rings. The molecule has 0 radical (unpaired) electrons. The van der Waals surface area contributed by atoms with Crippen LogP contribution >= 0.6 is 23.1 Å². The van der Waals surface area contributed by atoms with E-state index in [-0.39, 0.29) is 22.6 Å². The molecule has 2 unspecified atom stereocenters. The number of hydrogen-bond donors (Lipinski definition) is 1. The fourth-order valence-corrected chi connectivity index (χ4v) is 6.64. The Morgan fingerprint density at radius 2 is 1.72 bits per heavy atom. The van der Waals surface area contributed by atoms with Crippen LogP contribution in [-0.2, 0) is 9.59 Å². The molecule has 1 saturated heterocycles. The lowest BCUT2D eigenvalue weighted by molar-refractivity contribution is -0.122. The molecule has 3 aromatic rings. The number of thioether (sulfide) groups is 1. The van der Waals surface area contributed by atoms with Gasteiger partial charge in [0.05, 0.1) is 16.6 Å². The van der Waals surface area contributed by atoms with Gasteiger partial charge in [0.15, 0.2) is 0 Å². The molecule has 0 saturated carbocycles. The van der Waals surface area contributed by atoms with Crippen molar-refractivity contribution < 1.29 is 14.0 Å². The fraction of sp³-hybridized carbons (Fsp3) is 0.190. The Kier molecular flexibility index (Phi) is 4.22. The normalized spacial score (nSPS) is 23.2. The molecule has 2 aliphatic heterocycles. The number of benzene rings is 2. The van der Waals surface area contributed by atoms with Gasteiger partial charge in [0.1, 0.15) is 11.1 Å². The number of anilines is 1. The molecule has 5 rings (SSSR count). The van der Waals surface area contributed by atoms with Gasteiger partial charge in [-0.25, -0.2) is 9.29 Å². The predicted molar refractivity (Wildman–Crippen MR) is 110 cm³/mol. The van der Waals surface area contributed by atoms with Crippen molar-refractivity contribution in [3.05, 3.63) is 80.0 Å². The lowest BCUT2D eigenvalue weighted by Crippen LogP contribution is -2.32. The Bertz CT molecular complexity index is 1200. The van der Waals surface area contributed by atoms with Crippen molar-refractivity contribution in [1.82, 2.24) is 4.98 Å². The van der Waals surface area contributed by atoms with Crippen molar-refractivity contribution in [2.24, 2.45) is 5.92 Å². The average molecular weight is 426 g/mol. The van der Waals surface area contributed by atoms with Crippen LogP contribution in [-0.4, -0.2) is 22.0 Å². The van der Waals surface area contributed by atoms with Gasteiger partial charge in [0.2, 0.25) is 11.8 Å². The number of rotatable bonds is 2. The topological polar surface area (TPSA) is 70.2 Å². The number of aromatic amines is 1. The van der Waals surface area contributed by atoms with Crippen LogP contribution in [0.15, 0.2) is 58.4 Å². The minimum absolute atomic E-state index is 0.198. The van der Waals surface area contributed by atoms with Crippen LogP contribution in [0.5, 0.6) is 0 Å². The maximum atomic E-state index is 13.5. The molecule has 146 valence electrons. The van der Waals surface area contributed by atoms with E-state index in [1.165, 1.54) is 36.0 Å². The number of H-pyrrole nitrogens is 1. The number of thiazole rings is 1. The Labute approximate surface area is 173 Å². The van der Waals surface area contributed by atoms with Crippen LogP contribution in [0.2, 0.25) is 0 Å². The first-order valence-corrected chi connectivity index (χ1v) is 10.7. The third kappa shape index (κ3) is 2.78. The Morgan fingerprint density at radius 1 is 1.00 bits per heavy atom. The third-order valence-electron chi connectivity index (χ3n) is 5.43. The molecule has 2 aromatic carbocycles. The average Bonchev–Trinajstić information content (AvgIpc) is 3.19. The highest BCUT2D eigenvalue weighted by Crippen LogP contribution is 2.53. The zero-order valence-corrected chi connectivity index (χ0v) is 16.9. The molecule has 2 amide bonds. The highest BCUT2D eigenvalue weighted by Gasteiger charge is 2.56. The molecule has 0 spiro atoms. The summed E-state index contributed by atoms with van der Waals surface area (Å²) >= 11 is 2.32. The highest BCUT2D eigenvalue weighted by molar-refractivity contribution is 8.00. The smallest absolute Gasteiger partial charge is 0.305 e. The molecule has 2 aliphatic rings. The number of imide groups is 1. The summed E-state index contributed by atoms with van der Waals surface area (Å²) in [5.74, 6) is -2.11. The number of aromatic nitrogens is 1. The van der Waals surface area contributed by atoms with Crippen molar-refractivity contribution >= 4 is 40.6 Å². The maximum absolute atomic E-state index is 13.5. The number of nitrogens with zero attached hydrogens (tertiary/aromatic N) is 1. The lowest BCUT2D eigenvalue weighted by Gasteiger charge is -2.30. The largest absolute Gasteiger partial charge is 0.307 e. The van der Waals surface area contributed by atoms with Gasteiger partial charge in [-0.1, -0.05) is 47.4 Å². The van der Waals surface area contributed by atoms with E-state index in [1.807, 2.05) is 31.2 Å². The fourth-order valence-electron chi connectivity index (χ4n) is 4.13. The van der Waals surface area contributed by atoms with Crippen molar-refractivity contribution in [2.45, 2.75) is 23.1 Å². The number of carbonyl (C=O) groups is 2. The van der Waals surface area contributed by atoms with E-state index in [9.17, 15) is 18.8 Å². The van der Waals surface area contributed by atoms with E-state index in [0.29, 0.717) is 10.7 Å². The Morgan fingerprint density at radius 3 is 2.45 bits per heavy atom. The van der Waals surface area contributed by atoms with E-state index < -0.39 is 17.0 Å². The molecule has 8 heteroatoms. The highest BCUT2D eigenvalue weighted by atomic mass is 32.2. The van der Waals surface area contributed by atoms with Crippen LogP contribution in [0.1, 0.15) is 21.9 Å². The van der Waals surface area contributed by atoms with Crippen LogP contribution in [0, 0.1) is 18.7 Å². The predicted octanol–water partition coefficient (Wildman–Crippen LogP) is 3.68. The number of hydrogen-bond acceptors (Lipinski definition) is 5. The SMILES string of the molecule is Cc1ccccc1[C@H]1c2sc(=O)[nH]c2SC2C(=O)N(c3ccc(F)cc3)C(=O)C21. The van der Waals surface area contributed by atoms with Gasteiger partial charge >= 0.3 is 4.87 Å². The number of nitrogens with one attached hydrogen (secondary N) is 1. The van der Waals surface area contributed by atoms with E-state index >= 15 is 0 Å². The second-order valence-electron chi connectivity index (χ2n) is 7.09. The van der Waals surface area contributed by atoms with Crippen LogP contribution < -0.4 is 9.77 Å². The number of carbonyl (C=O) groups excluding carboxylic acids is 2. The van der Waals surface area contributed by atoms with Gasteiger partial charge in [-0.2, -0.15) is 0 Å². The van der Waals surface area contributed by atoms with Crippen molar-refractivity contribution in [1.29, 1.82) is 0 Å². The van der Waals surface area contributed by atoms with Gasteiger partial charge in [0.25, 0.3) is 0 Å². The molecule has 1 N–H and O–H groups in total. The summed E-state index contributed by atoms with van der Waals surface area (Å²) in [7, 11) is 0. The van der Waals surface area contributed by atoms with E-state index in [0.717, 1.165) is 32.2 Å². The summed E-state index contributed by atoms with van der Waals surface area (Å²) in [6.45, 7) is 1.96. The summed E-state index contributed by atoms with van der Waals surface area (Å²) in [5, 5.41) is 0.00604. The third-order valence-corrected chi connectivity index (χ3v) is 7.83. The summed E-state index contributed by atoms with van der Waals surface area (Å²) in [4.78, 5) is 43.3. The molecular weight excluding hydrogens is 411 g/mol. The molecule has 5 nitrogen and oxygen atoms in total. The van der Waals surface area contributed by atoms with Crippen molar-refractivity contribution in [3.8, 4) is 0 Å². The first kappa shape index (κ1) is 18.3. The minimum atomic E-state index is -0.644. The molecule has 3 atom stereocenters. The zero-order chi connectivity index (χ0) is 20.3. The van der Waals surface area contributed by atoms with Crippen LogP contribution in [0.4, 0.5) is 10.1 Å². The van der Waals surface area contributed by atoms with Crippen LogP contribution in [0.3, 0.4) is 0 Å². The number of aryl methyl sites for hydroxylation is 1. The molecule has 1 aromatic heterocycles. The van der Waals surface area contributed by atoms with Gasteiger partial charge in [-0.3, -0.25) is 14.4 Å². The summed E-state index contributed by atoms with van der Waals surface area (Å²) in [5.41, 5.74) is 2.29. The minimum Gasteiger partial charge on any atom is -0.307 e. The zero-order valence-electron chi connectivity index (χ0n) is 15.2. The van der Waals surface area contributed by atoms with E-state index in [4.69, 9.17) is 0 Å². The van der Waals surface area contributed by atoms with Gasteiger partial charge in [-0.15, -0.1) is 0 Å². The Hall–Kier alpha value is -2.71. The van der Waals surface area contributed by atoms with Crippen molar-refractivity contribution in [3.63, 3.8) is 0 Å². The van der Waals surface area contributed by atoms with Gasteiger partial charge in [0, 0.05) is 10.8 Å². The molecule has 0 bridgehead atoms. The Balaban J connectivity index is 1.67. The van der Waals surface area contributed by atoms with Crippen molar-refractivity contribution in [2.75, 3.05) is 4.90 Å². The first-order valence-electron chi connectivity index (χ1n) is 9.04. The van der Waals surface area contributed by atoms with Gasteiger partial charge in [-0.05, 0) is 42.3 Å². The molecule has 29 heavy (non-hydrogen) atoms. The quantitative estimate of drug-likeness (QED) is 0.635. The van der Waals surface area contributed by atoms with Crippen LogP contribution in [0.25, 0.3) is 0 Å². The lowest BCUT2D eigenvalue weighted by atomic mass is 9.81. The second kappa shape index (κ2) is 6.67. The second-order valence-corrected chi connectivity index (χ2v) is 9.26. The summed E-state index contributed by atoms with van der Waals surface area (Å²) < 4.78 is 13.3. The first-order chi connectivity index (χ1) is 14.0. The standard InChI is InChI=1S/C21H15FN2O3S2/c1-10-4-2-3-5-13(10)14-15-17(28-18-16(14)29-21(27)23-18)20(26)24(19(15)25)12-8-6-11(22)7-9-12/h2-9,14-15,17H,1H3,(H,23,27)/t14-,15?,17?/m1/s1. The van der Waals surface area contributed by atoms with E-state index in [1.54, 1.807) is 0 Å². The number of halogens is 1. The van der Waals surface area contributed by atoms with E-state index in [2.05, 4.69) is 4.98 Å². The number of fused-ring (bicyclic) bond motifs is 2.